The fraction of sp³-hybridized carbons (Fsp3) is 0.462. The number of ether oxygens (including phenoxy) is 1. The minimum Gasteiger partial charge on any atom is -0.496 e. The molecule has 1 aromatic rings. The van der Waals surface area contributed by atoms with Gasteiger partial charge in [0.05, 0.1) is 13.7 Å². The molecule has 1 aromatic carbocycles. The number of aliphatic hydroxyl groups excluding tert-OH is 1. The lowest BCUT2D eigenvalue weighted by molar-refractivity contribution is -0.128. The van der Waals surface area contributed by atoms with Crippen LogP contribution in [0, 0.1) is 0 Å². The number of nitrogens with zero attached hydrogens (tertiary/aromatic N) is 1. The lowest BCUT2D eigenvalue weighted by atomic mass is 10.1. The standard InChI is InChI=1S/C13H17NO3/c1-17-12-5-4-10(7-11(12)9-15)8-14-6-2-3-13(14)16/h4-5,7,15H,2-3,6,8-9H2,1H3. The largest absolute Gasteiger partial charge is 0.496 e. The predicted molar refractivity (Wildman–Crippen MR) is 63.6 cm³/mol. The van der Waals surface area contributed by atoms with E-state index in [1.54, 1.807) is 7.11 Å². The van der Waals surface area contributed by atoms with E-state index in [4.69, 9.17) is 4.74 Å². The monoisotopic (exact) mass is 235 g/mol. The first-order valence-corrected chi connectivity index (χ1v) is 5.79. The molecule has 4 heteroatoms. The van der Waals surface area contributed by atoms with Crippen LogP contribution in [0.5, 0.6) is 5.75 Å². The van der Waals surface area contributed by atoms with Crippen LogP contribution < -0.4 is 4.74 Å². The summed E-state index contributed by atoms with van der Waals surface area (Å²) >= 11 is 0. The van der Waals surface area contributed by atoms with Crippen LogP contribution in [0.1, 0.15) is 24.0 Å². The summed E-state index contributed by atoms with van der Waals surface area (Å²) in [5, 5.41) is 9.23. The molecule has 1 fully saturated rings. The fourth-order valence-electron chi connectivity index (χ4n) is 2.15. The minimum atomic E-state index is -0.0506. The van der Waals surface area contributed by atoms with E-state index in [0.29, 0.717) is 18.7 Å². The summed E-state index contributed by atoms with van der Waals surface area (Å²) in [5.41, 5.74) is 1.79. The highest BCUT2D eigenvalue weighted by Crippen LogP contribution is 2.22. The molecule has 92 valence electrons. The van der Waals surface area contributed by atoms with Gasteiger partial charge in [-0.3, -0.25) is 4.79 Å². The van der Waals surface area contributed by atoms with Crippen molar-refractivity contribution in [1.82, 2.24) is 4.90 Å². The van der Waals surface area contributed by atoms with Crippen LogP contribution in [0.2, 0.25) is 0 Å². The smallest absolute Gasteiger partial charge is 0.222 e. The van der Waals surface area contributed by atoms with Gasteiger partial charge in [0, 0.05) is 25.1 Å². The number of likely N-dealkylation sites (tertiary alicyclic amines) is 1. The van der Waals surface area contributed by atoms with E-state index in [0.717, 1.165) is 24.1 Å². The molecule has 1 aliphatic rings. The van der Waals surface area contributed by atoms with E-state index < -0.39 is 0 Å². The third-order valence-electron chi connectivity index (χ3n) is 3.06. The molecule has 2 rings (SSSR count). The Labute approximate surface area is 101 Å². The van der Waals surface area contributed by atoms with Gasteiger partial charge in [-0.1, -0.05) is 6.07 Å². The summed E-state index contributed by atoms with van der Waals surface area (Å²) in [6, 6.07) is 5.66. The maximum absolute atomic E-state index is 11.5. The molecule has 0 radical (unpaired) electrons. The van der Waals surface area contributed by atoms with Crippen molar-refractivity contribution in [1.29, 1.82) is 0 Å². The molecule has 0 atom stereocenters. The number of carbonyl (C=O) groups is 1. The van der Waals surface area contributed by atoms with E-state index in [9.17, 15) is 9.90 Å². The molecule has 1 saturated heterocycles. The van der Waals surface area contributed by atoms with Crippen LogP contribution in [0.4, 0.5) is 0 Å². The number of carbonyl (C=O) groups excluding carboxylic acids is 1. The van der Waals surface area contributed by atoms with Gasteiger partial charge < -0.3 is 14.7 Å². The average Bonchev–Trinajstić information content (AvgIpc) is 2.75. The van der Waals surface area contributed by atoms with Crippen molar-refractivity contribution >= 4 is 5.91 Å². The Kier molecular flexibility index (Phi) is 3.64. The summed E-state index contributed by atoms with van der Waals surface area (Å²) in [6.45, 7) is 1.40. The molecule has 0 saturated carbocycles. The second-order valence-corrected chi connectivity index (χ2v) is 4.22. The van der Waals surface area contributed by atoms with Gasteiger partial charge in [-0.25, -0.2) is 0 Å². The van der Waals surface area contributed by atoms with Gasteiger partial charge in [0.1, 0.15) is 5.75 Å². The summed E-state index contributed by atoms with van der Waals surface area (Å²) in [7, 11) is 1.58. The Morgan fingerprint density at radius 1 is 1.47 bits per heavy atom. The molecule has 0 bridgehead atoms. The molecule has 4 nitrogen and oxygen atoms in total. The Morgan fingerprint density at radius 3 is 2.88 bits per heavy atom. The summed E-state index contributed by atoms with van der Waals surface area (Å²) in [6.07, 6.45) is 1.60. The Bertz CT molecular complexity index is 417. The molecule has 1 N–H and O–H groups in total. The Balaban J connectivity index is 2.13. The van der Waals surface area contributed by atoms with Crippen LogP contribution in [0.25, 0.3) is 0 Å². The maximum Gasteiger partial charge on any atom is 0.222 e. The van der Waals surface area contributed by atoms with Crippen molar-refractivity contribution < 1.29 is 14.6 Å². The van der Waals surface area contributed by atoms with Crippen molar-refractivity contribution in [3.8, 4) is 5.75 Å². The van der Waals surface area contributed by atoms with Crippen molar-refractivity contribution in [3.05, 3.63) is 29.3 Å². The molecule has 1 aliphatic heterocycles. The molecule has 0 unspecified atom stereocenters. The SMILES string of the molecule is COc1ccc(CN2CCCC2=O)cc1CO. The fourth-order valence-corrected chi connectivity index (χ4v) is 2.15. The van der Waals surface area contributed by atoms with Gasteiger partial charge in [0.15, 0.2) is 0 Å². The van der Waals surface area contributed by atoms with Crippen LogP contribution in [-0.4, -0.2) is 29.6 Å². The maximum atomic E-state index is 11.5. The lowest BCUT2D eigenvalue weighted by Crippen LogP contribution is -2.23. The zero-order chi connectivity index (χ0) is 12.3. The van der Waals surface area contributed by atoms with Crippen molar-refractivity contribution in [2.45, 2.75) is 26.0 Å². The topological polar surface area (TPSA) is 49.8 Å². The lowest BCUT2D eigenvalue weighted by Gasteiger charge is -2.16. The zero-order valence-electron chi connectivity index (χ0n) is 9.98. The molecule has 1 heterocycles. The van der Waals surface area contributed by atoms with E-state index in [2.05, 4.69) is 0 Å². The van der Waals surface area contributed by atoms with Gasteiger partial charge >= 0.3 is 0 Å². The number of rotatable bonds is 4. The van der Waals surface area contributed by atoms with Crippen LogP contribution in [0.3, 0.4) is 0 Å². The van der Waals surface area contributed by atoms with Crippen LogP contribution in [-0.2, 0) is 17.9 Å². The molecule has 0 spiro atoms. The molecule has 0 aromatic heterocycles. The molecule has 0 aliphatic carbocycles. The van der Waals surface area contributed by atoms with E-state index in [-0.39, 0.29) is 12.5 Å². The number of benzene rings is 1. The number of aliphatic hydroxyl groups is 1. The van der Waals surface area contributed by atoms with Crippen molar-refractivity contribution in [2.24, 2.45) is 0 Å². The van der Waals surface area contributed by atoms with Crippen molar-refractivity contribution in [3.63, 3.8) is 0 Å². The molecular weight excluding hydrogens is 218 g/mol. The second kappa shape index (κ2) is 5.19. The van der Waals surface area contributed by atoms with Gasteiger partial charge in [-0.2, -0.15) is 0 Å². The van der Waals surface area contributed by atoms with Gasteiger partial charge in [-0.05, 0) is 24.1 Å². The summed E-state index contributed by atoms with van der Waals surface area (Å²) < 4.78 is 5.14. The first-order valence-electron chi connectivity index (χ1n) is 5.79. The van der Waals surface area contributed by atoms with Gasteiger partial charge in [0.25, 0.3) is 0 Å². The number of methoxy groups -OCH3 is 1. The highest BCUT2D eigenvalue weighted by Gasteiger charge is 2.20. The summed E-state index contributed by atoms with van der Waals surface area (Å²) in [5.74, 6) is 0.898. The van der Waals surface area contributed by atoms with Crippen molar-refractivity contribution in [2.75, 3.05) is 13.7 Å². The quantitative estimate of drug-likeness (QED) is 0.856. The zero-order valence-corrected chi connectivity index (χ0v) is 9.98. The van der Waals surface area contributed by atoms with Crippen LogP contribution in [0.15, 0.2) is 18.2 Å². The van der Waals surface area contributed by atoms with Crippen LogP contribution >= 0.6 is 0 Å². The molecular formula is C13H17NO3. The summed E-state index contributed by atoms with van der Waals surface area (Å²) in [4.78, 5) is 13.4. The Morgan fingerprint density at radius 2 is 2.29 bits per heavy atom. The van der Waals surface area contributed by atoms with Gasteiger partial charge in [0.2, 0.25) is 5.91 Å². The first kappa shape index (κ1) is 11.9. The third-order valence-corrected chi connectivity index (χ3v) is 3.06. The molecule has 1 amide bonds. The highest BCUT2D eigenvalue weighted by atomic mass is 16.5. The second-order valence-electron chi connectivity index (χ2n) is 4.22. The normalized spacial score (nSPS) is 15.4. The van der Waals surface area contributed by atoms with E-state index >= 15 is 0 Å². The first-order chi connectivity index (χ1) is 8.24. The molecule has 17 heavy (non-hydrogen) atoms. The number of hydrogen-bond acceptors (Lipinski definition) is 3. The Hall–Kier alpha value is -1.55. The van der Waals surface area contributed by atoms with Gasteiger partial charge in [-0.15, -0.1) is 0 Å². The predicted octanol–water partition coefficient (Wildman–Crippen LogP) is 1.31. The minimum absolute atomic E-state index is 0.0506. The van der Waals surface area contributed by atoms with E-state index in [1.807, 2.05) is 23.1 Å². The number of amides is 1. The van der Waals surface area contributed by atoms with E-state index in [1.165, 1.54) is 0 Å². The third kappa shape index (κ3) is 2.58. The average molecular weight is 235 g/mol. The highest BCUT2D eigenvalue weighted by molar-refractivity contribution is 5.78. The number of hydrogen-bond donors (Lipinski definition) is 1.